The zero-order valence-corrected chi connectivity index (χ0v) is 10.2. The lowest BCUT2D eigenvalue weighted by Gasteiger charge is -2.04. The molecule has 0 atom stereocenters. The fourth-order valence-corrected chi connectivity index (χ4v) is 1.55. The van der Waals surface area contributed by atoms with Crippen LogP contribution in [0.5, 0.6) is 0 Å². The second kappa shape index (κ2) is 4.37. The van der Waals surface area contributed by atoms with Crippen molar-refractivity contribution in [3.8, 4) is 0 Å². The molecule has 78 valence electrons. The van der Waals surface area contributed by atoms with Crippen LogP contribution in [-0.2, 0) is 20.9 Å². The first-order chi connectivity index (χ1) is 6.38. The van der Waals surface area contributed by atoms with Crippen LogP contribution in [0.4, 0.5) is 0 Å². The molecule has 0 bridgehead atoms. The number of hydrogen-bond donors (Lipinski definition) is 0. The van der Waals surface area contributed by atoms with E-state index in [-0.39, 0.29) is 6.61 Å². The Hall–Kier alpha value is -0.460. The number of hydrogen-bond acceptors (Lipinski definition) is 4. The third-order valence-corrected chi connectivity index (χ3v) is 2.76. The van der Waals surface area contributed by atoms with Crippen LogP contribution in [0.1, 0.15) is 11.3 Å². The molecule has 0 radical (unpaired) electrons. The van der Waals surface area contributed by atoms with E-state index in [9.17, 15) is 8.42 Å². The van der Waals surface area contributed by atoms with E-state index in [0.717, 1.165) is 22.0 Å². The van der Waals surface area contributed by atoms with Crippen molar-refractivity contribution in [2.75, 3.05) is 6.26 Å². The first-order valence-electron chi connectivity index (χ1n) is 3.84. The van der Waals surface area contributed by atoms with E-state index in [0.29, 0.717) is 0 Å². The molecule has 0 saturated carbocycles. The maximum Gasteiger partial charge on any atom is 0.264 e. The van der Waals surface area contributed by atoms with Crippen molar-refractivity contribution in [3.63, 3.8) is 0 Å². The molecule has 0 spiro atoms. The second-order valence-electron chi connectivity index (χ2n) is 2.88. The Bertz CT molecular complexity index is 430. The number of pyridine rings is 1. The van der Waals surface area contributed by atoms with Gasteiger partial charge in [0.25, 0.3) is 10.1 Å². The van der Waals surface area contributed by atoms with Gasteiger partial charge < -0.3 is 0 Å². The molecule has 1 heterocycles. The third kappa shape index (κ3) is 3.73. The van der Waals surface area contributed by atoms with Crippen LogP contribution < -0.4 is 0 Å². The third-order valence-electron chi connectivity index (χ3n) is 1.50. The summed E-state index contributed by atoms with van der Waals surface area (Å²) >= 11 is 3.26. The van der Waals surface area contributed by atoms with Crippen molar-refractivity contribution in [1.29, 1.82) is 0 Å². The number of aryl methyl sites for hydroxylation is 1. The van der Waals surface area contributed by atoms with Crippen molar-refractivity contribution >= 4 is 26.0 Å². The molecule has 4 nitrogen and oxygen atoms in total. The number of nitrogens with zero attached hydrogens (tertiary/aromatic N) is 1. The lowest BCUT2D eigenvalue weighted by Crippen LogP contribution is -2.03. The zero-order valence-electron chi connectivity index (χ0n) is 7.82. The Morgan fingerprint density at radius 2 is 2.21 bits per heavy atom. The zero-order chi connectivity index (χ0) is 10.8. The molecule has 1 rings (SSSR count). The molecule has 0 aromatic carbocycles. The molecule has 14 heavy (non-hydrogen) atoms. The first kappa shape index (κ1) is 11.6. The van der Waals surface area contributed by atoms with Crippen LogP contribution in [-0.4, -0.2) is 19.7 Å². The Labute approximate surface area is 91.6 Å². The highest BCUT2D eigenvalue weighted by Crippen LogP contribution is 2.17. The normalized spacial score (nSPS) is 11.6. The molecule has 1 aromatic heterocycles. The maximum atomic E-state index is 10.7. The molecule has 0 saturated heterocycles. The van der Waals surface area contributed by atoms with Gasteiger partial charge in [0, 0.05) is 16.4 Å². The van der Waals surface area contributed by atoms with Gasteiger partial charge >= 0.3 is 0 Å². The fraction of sp³-hybridized carbons (Fsp3) is 0.375. The Morgan fingerprint density at radius 1 is 1.57 bits per heavy atom. The summed E-state index contributed by atoms with van der Waals surface area (Å²) in [7, 11) is -3.39. The minimum Gasteiger partial charge on any atom is -0.265 e. The molecule has 0 fully saturated rings. The number of rotatable bonds is 3. The molecule has 0 aliphatic carbocycles. The van der Waals surface area contributed by atoms with E-state index in [1.807, 2.05) is 6.92 Å². The molecular formula is C8H10BrNO3S. The van der Waals surface area contributed by atoms with Gasteiger partial charge in [-0.3, -0.25) is 9.17 Å². The topological polar surface area (TPSA) is 56.3 Å². The highest BCUT2D eigenvalue weighted by molar-refractivity contribution is 9.10. The van der Waals surface area contributed by atoms with Crippen molar-refractivity contribution < 1.29 is 12.6 Å². The van der Waals surface area contributed by atoms with Crippen LogP contribution in [0.25, 0.3) is 0 Å². The van der Waals surface area contributed by atoms with Gasteiger partial charge in [-0.25, -0.2) is 0 Å². The van der Waals surface area contributed by atoms with Gasteiger partial charge in [-0.2, -0.15) is 8.42 Å². The van der Waals surface area contributed by atoms with Gasteiger partial charge in [0.1, 0.15) is 0 Å². The van der Waals surface area contributed by atoms with Crippen molar-refractivity contribution in [2.24, 2.45) is 0 Å². The Balaban J connectivity index is 2.81. The number of aromatic nitrogens is 1. The first-order valence-corrected chi connectivity index (χ1v) is 6.45. The van der Waals surface area contributed by atoms with Crippen LogP contribution >= 0.6 is 15.9 Å². The van der Waals surface area contributed by atoms with Gasteiger partial charge in [-0.15, -0.1) is 0 Å². The summed E-state index contributed by atoms with van der Waals surface area (Å²) in [5, 5.41) is 0. The molecule has 0 N–H and O–H groups in total. The van der Waals surface area contributed by atoms with Crippen LogP contribution in [0.2, 0.25) is 0 Å². The smallest absolute Gasteiger partial charge is 0.264 e. The van der Waals surface area contributed by atoms with Gasteiger partial charge in [0.2, 0.25) is 0 Å². The summed E-state index contributed by atoms with van der Waals surface area (Å²) < 4.78 is 26.9. The van der Waals surface area contributed by atoms with Crippen molar-refractivity contribution in [3.05, 3.63) is 28.0 Å². The monoisotopic (exact) mass is 279 g/mol. The van der Waals surface area contributed by atoms with E-state index in [1.165, 1.54) is 0 Å². The lowest BCUT2D eigenvalue weighted by molar-refractivity contribution is 0.311. The SMILES string of the molecule is Cc1cc(COS(C)(=O)=O)c(Br)cn1. The molecule has 1 aromatic rings. The minimum absolute atomic E-state index is 0.0305. The summed E-state index contributed by atoms with van der Waals surface area (Å²) in [5.74, 6) is 0. The highest BCUT2D eigenvalue weighted by Gasteiger charge is 2.06. The molecule has 6 heteroatoms. The van der Waals surface area contributed by atoms with Gasteiger partial charge in [0.05, 0.1) is 12.9 Å². The molecule has 0 aliphatic heterocycles. The largest absolute Gasteiger partial charge is 0.265 e. The summed E-state index contributed by atoms with van der Waals surface area (Å²) in [6, 6.07) is 1.77. The lowest BCUT2D eigenvalue weighted by atomic mass is 10.2. The van der Waals surface area contributed by atoms with Gasteiger partial charge in [0.15, 0.2) is 0 Å². The Morgan fingerprint density at radius 3 is 2.79 bits per heavy atom. The predicted molar refractivity (Wildman–Crippen MR) is 56.3 cm³/mol. The molecule has 0 amide bonds. The van der Waals surface area contributed by atoms with E-state index in [4.69, 9.17) is 0 Å². The van der Waals surface area contributed by atoms with Crippen LogP contribution in [0.15, 0.2) is 16.7 Å². The highest BCUT2D eigenvalue weighted by atomic mass is 79.9. The van der Waals surface area contributed by atoms with Crippen LogP contribution in [0, 0.1) is 6.92 Å². The molecule has 0 aliphatic rings. The van der Waals surface area contributed by atoms with Crippen molar-refractivity contribution in [1.82, 2.24) is 4.98 Å². The standard InChI is InChI=1S/C8H10BrNO3S/c1-6-3-7(8(9)4-10-6)5-13-14(2,11)12/h3-4H,5H2,1-2H3. The van der Waals surface area contributed by atoms with Crippen molar-refractivity contribution in [2.45, 2.75) is 13.5 Å². The average molecular weight is 280 g/mol. The van der Waals surface area contributed by atoms with Gasteiger partial charge in [-0.05, 0) is 34.5 Å². The summed E-state index contributed by atoms with van der Waals surface area (Å²) in [6.45, 7) is 1.86. The van der Waals surface area contributed by atoms with Gasteiger partial charge in [-0.1, -0.05) is 0 Å². The molecular weight excluding hydrogens is 270 g/mol. The van der Waals surface area contributed by atoms with Crippen LogP contribution in [0.3, 0.4) is 0 Å². The van der Waals surface area contributed by atoms with E-state index < -0.39 is 10.1 Å². The summed E-state index contributed by atoms with van der Waals surface area (Å²) in [5.41, 5.74) is 1.59. The number of halogens is 1. The summed E-state index contributed by atoms with van der Waals surface area (Å²) in [4.78, 5) is 4.03. The summed E-state index contributed by atoms with van der Waals surface area (Å²) in [6.07, 6.45) is 2.64. The van der Waals surface area contributed by atoms with E-state index in [1.54, 1.807) is 12.3 Å². The second-order valence-corrected chi connectivity index (χ2v) is 5.38. The fourth-order valence-electron chi connectivity index (χ4n) is 0.881. The van der Waals surface area contributed by atoms with E-state index >= 15 is 0 Å². The minimum atomic E-state index is -3.39. The Kier molecular flexibility index (Phi) is 3.63. The average Bonchev–Trinajstić information content (AvgIpc) is 2.05. The quantitative estimate of drug-likeness (QED) is 0.790. The maximum absolute atomic E-state index is 10.7. The predicted octanol–water partition coefficient (Wildman–Crippen LogP) is 1.63. The molecule has 0 unspecified atom stereocenters. The van der Waals surface area contributed by atoms with E-state index in [2.05, 4.69) is 25.1 Å².